The van der Waals surface area contributed by atoms with Crippen LogP contribution in [-0.2, 0) is 17.2 Å². The molecule has 0 spiro atoms. The first-order valence-corrected chi connectivity index (χ1v) is 16.3. The zero-order chi connectivity index (χ0) is 35.6. The van der Waals surface area contributed by atoms with E-state index in [9.17, 15) is 9.59 Å². The van der Waals surface area contributed by atoms with Crippen LogP contribution in [0.25, 0.3) is 44.7 Å². The Labute approximate surface area is 296 Å². The molecule has 0 bridgehead atoms. The smallest absolute Gasteiger partial charge is 0.360 e. The number of H-pyrrole nitrogens is 1. The van der Waals surface area contributed by atoms with Gasteiger partial charge in [0, 0.05) is 27.8 Å². The van der Waals surface area contributed by atoms with Gasteiger partial charge in [-0.1, -0.05) is 60.7 Å². The summed E-state index contributed by atoms with van der Waals surface area (Å²) in [5.74, 6) is -0.445. The number of aromatic carboxylic acids is 1. The van der Waals surface area contributed by atoms with Gasteiger partial charge in [0.05, 0.1) is 36.6 Å². The first-order valence-electron chi connectivity index (χ1n) is 15.8. The minimum absolute atomic E-state index is 0.0999. The summed E-state index contributed by atoms with van der Waals surface area (Å²) in [6, 6.07) is 31.2. The lowest BCUT2D eigenvalue weighted by Crippen LogP contribution is -2.04. The van der Waals surface area contributed by atoms with Gasteiger partial charge in [-0.15, -0.1) is 11.6 Å². The number of oxazole rings is 2. The number of rotatable bonds is 8. The van der Waals surface area contributed by atoms with E-state index < -0.39 is 11.9 Å². The molecule has 0 aliphatic rings. The van der Waals surface area contributed by atoms with E-state index in [1.54, 1.807) is 6.92 Å². The van der Waals surface area contributed by atoms with Gasteiger partial charge >= 0.3 is 11.9 Å². The number of carbonyl (C=O) groups excluding carboxylic acids is 1. The Morgan fingerprint density at radius 2 is 1.39 bits per heavy atom. The molecule has 12 nitrogen and oxygen atoms in total. The van der Waals surface area contributed by atoms with Crippen molar-refractivity contribution in [2.45, 2.75) is 19.3 Å². The molecule has 4 aromatic carbocycles. The Kier molecular flexibility index (Phi) is 10.9. The Bertz CT molecular complexity index is 2330. The number of carboxylic acids is 1. The monoisotopic (exact) mass is 702 g/mol. The van der Waals surface area contributed by atoms with E-state index >= 15 is 0 Å². The normalized spacial score (nSPS) is 10.6. The second-order valence-corrected chi connectivity index (χ2v) is 11.2. The number of ether oxygens (including phenoxy) is 1. The van der Waals surface area contributed by atoms with Gasteiger partial charge in [0.25, 0.3) is 0 Å². The molecule has 8 aromatic rings. The topological polar surface area (TPSA) is 162 Å². The van der Waals surface area contributed by atoms with Crippen molar-refractivity contribution in [1.82, 2.24) is 29.9 Å². The minimum atomic E-state index is -1.10. The number of hydrogen-bond donors (Lipinski definition) is 2. The second-order valence-electron chi connectivity index (χ2n) is 10.9. The van der Waals surface area contributed by atoms with Crippen LogP contribution >= 0.6 is 11.6 Å². The Morgan fingerprint density at radius 1 is 0.784 bits per heavy atom. The predicted octanol–water partition coefficient (Wildman–Crippen LogP) is 8.26. The van der Waals surface area contributed by atoms with Crippen LogP contribution in [0.2, 0.25) is 0 Å². The number of carbonyl (C=O) groups is 2. The number of carboxylic acid groups (broad SMARTS) is 1. The fourth-order valence-corrected chi connectivity index (χ4v) is 5.08. The predicted molar refractivity (Wildman–Crippen MR) is 191 cm³/mol. The number of hydrogen-bond acceptors (Lipinski definition) is 9. The van der Waals surface area contributed by atoms with Crippen molar-refractivity contribution in [3.8, 4) is 22.9 Å². The highest BCUT2D eigenvalue weighted by Crippen LogP contribution is 2.22. The first kappa shape index (κ1) is 34.3. The van der Waals surface area contributed by atoms with Gasteiger partial charge in [0.2, 0.25) is 11.8 Å². The molecule has 51 heavy (non-hydrogen) atoms. The molecule has 0 unspecified atom stereocenters. The highest BCUT2D eigenvalue weighted by Gasteiger charge is 2.14. The molecule has 4 heterocycles. The molecule has 0 radical (unpaired) electrons. The fraction of sp³-hybridized carbons (Fsp3) is 0.105. The van der Waals surface area contributed by atoms with Gasteiger partial charge < -0.3 is 18.7 Å². The lowest BCUT2D eigenvalue weighted by Gasteiger charge is -2.04. The third-order valence-electron chi connectivity index (χ3n) is 7.50. The molecule has 4 aromatic heterocycles. The van der Waals surface area contributed by atoms with E-state index in [0.717, 1.165) is 50.3 Å². The summed E-state index contributed by atoms with van der Waals surface area (Å²) in [4.78, 5) is 30.3. The van der Waals surface area contributed by atoms with Crippen molar-refractivity contribution in [2.75, 3.05) is 6.61 Å². The third-order valence-corrected chi connectivity index (χ3v) is 7.81. The number of para-hydroxylation sites is 2. The Morgan fingerprint density at radius 3 is 2.02 bits per heavy atom. The highest BCUT2D eigenvalue weighted by atomic mass is 35.5. The maximum atomic E-state index is 11.4. The SMILES string of the molecule is CCOC(=O)c1coc(-c2ccc(CCl)cc2)n1.O=C(O)c1coc(-c2ccc(Cn3ncc4ccccc43)cc2)n1.c1ccc2[nH]ncc2c1. The van der Waals surface area contributed by atoms with Crippen molar-refractivity contribution < 1.29 is 28.3 Å². The number of halogens is 1. The molecule has 13 heteroatoms. The molecule has 0 amide bonds. The van der Waals surface area contributed by atoms with Crippen molar-refractivity contribution in [2.24, 2.45) is 0 Å². The number of esters is 1. The molecule has 8 rings (SSSR count). The van der Waals surface area contributed by atoms with Crippen molar-refractivity contribution in [3.05, 3.63) is 144 Å². The lowest BCUT2D eigenvalue weighted by molar-refractivity contribution is 0.0519. The van der Waals surface area contributed by atoms with Crippen molar-refractivity contribution in [3.63, 3.8) is 0 Å². The van der Waals surface area contributed by atoms with Gasteiger partial charge in [-0.05, 0) is 54.4 Å². The van der Waals surface area contributed by atoms with Gasteiger partial charge in [-0.2, -0.15) is 10.2 Å². The number of fused-ring (bicyclic) bond motifs is 2. The van der Waals surface area contributed by atoms with E-state index in [2.05, 4.69) is 25.3 Å². The molecule has 0 fully saturated rings. The zero-order valence-corrected chi connectivity index (χ0v) is 28.0. The van der Waals surface area contributed by atoms with Crippen LogP contribution in [0.5, 0.6) is 0 Å². The average Bonchev–Trinajstić information content (AvgIpc) is 4.00. The Hall–Kier alpha value is -6.53. The largest absolute Gasteiger partial charge is 0.476 e. The molecular weight excluding hydrogens is 672 g/mol. The quantitative estimate of drug-likeness (QED) is 0.116. The van der Waals surface area contributed by atoms with Crippen LogP contribution in [-0.4, -0.2) is 53.6 Å². The van der Waals surface area contributed by atoms with E-state index in [4.69, 9.17) is 30.3 Å². The number of nitrogens with zero attached hydrogens (tertiary/aromatic N) is 5. The minimum Gasteiger partial charge on any atom is -0.476 e. The van der Waals surface area contributed by atoms with E-state index in [1.807, 2.05) is 114 Å². The zero-order valence-electron chi connectivity index (χ0n) is 27.3. The van der Waals surface area contributed by atoms with Crippen LogP contribution in [0.3, 0.4) is 0 Å². The van der Waals surface area contributed by atoms with Crippen molar-refractivity contribution in [1.29, 1.82) is 0 Å². The lowest BCUT2D eigenvalue weighted by atomic mass is 10.1. The van der Waals surface area contributed by atoms with Crippen LogP contribution in [0.4, 0.5) is 0 Å². The molecule has 0 saturated carbocycles. The number of benzene rings is 4. The Balaban J connectivity index is 0.000000145. The van der Waals surface area contributed by atoms with E-state index in [1.165, 1.54) is 6.26 Å². The summed E-state index contributed by atoms with van der Waals surface area (Å²) in [6.07, 6.45) is 6.10. The average molecular weight is 703 g/mol. The summed E-state index contributed by atoms with van der Waals surface area (Å²) in [5.41, 5.74) is 5.87. The summed E-state index contributed by atoms with van der Waals surface area (Å²) in [5, 5.41) is 22.3. The molecule has 0 saturated heterocycles. The van der Waals surface area contributed by atoms with Gasteiger partial charge in [-0.3, -0.25) is 9.78 Å². The van der Waals surface area contributed by atoms with Gasteiger partial charge in [-0.25, -0.2) is 19.6 Å². The highest BCUT2D eigenvalue weighted by molar-refractivity contribution is 6.17. The van der Waals surface area contributed by atoms with Crippen LogP contribution in [0.15, 0.2) is 131 Å². The van der Waals surface area contributed by atoms with Gasteiger partial charge in [0.15, 0.2) is 11.4 Å². The molecular formula is C38H31ClN6O6. The number of aromatic nitrogens is 6. The van der Waals surface area contributed by atoms with E-state index in [-0.39, 0.29) is 11.4 Å². The molecule has 0 atom stereocenters. The summed E-state index contributed by atoms with van der Waals surface area (Å²) >= 11 is 5.71. The summed E-state index contributed by atoms with van der Waals surface area (Å²) < 4.78 is 17.2. The first-order chi connectivity index (χ1) is 24.9. The molecule has 0 aliphatic carbocycles. The van der Waals surface area contributed by atoms with Gasteiger partial charge in [0.1, 0.15) is 12.5 Å². The number of alkyl halides is 1. The second kappa shape index (κ2) is 16.2. The standard InChI is InChI=1S/C18H13N3O3.C13H12ClNO3.C7H6N2/c22-18(23)15-11-24-17(20-15)13-7-5-12(6-8-13)10-21-16-4-2-1-3-14(16)9-19-21;1-2-17-13(16)11-8-18-12(15-11)10-5-3-9(7-14)4-6-10;1-2-4-7-6(3-1)5-8-9-7/h1-9,11H,10H2,(H,22,23);3-6,8H,2,7H2,1H3;1-5H,(H,8,9). The molecule has 0 aliphatic heterocycles. The molecule has 2 N–H and O–H groups in total. The maximum absolute atomic E-state index is 11.4. The summed E-state index contributed by atoms with van der Waals surface area (Å²) in [7, 11) is 0. The van der Waals surface area contributed by atoms with E-state index in [0.29, 0.717) is 30.8 Å². The summed E-state index contributed by atoms with van der Waals surface area (Å²) in [6.45, 7) is 2.70. The van der Waals surface area contributed by atoms with Crippen LogP contribution in [0, 0.1) is 0 Å². The van der Waals surface area contributed by atoms with Crippen LogP contribution < -0.4 is 0 Å². The number of aromatic amines is 1. The fourth-order valence-electron chi connectivity index (χ4n) is 4.91. The maximum Gasteiger partial charge on any atom is 0.360 e. The third kappa shape index (κ3) is 8.56. The molecule has 256 valence electrons. The van der Waals surface area contributed by atoms with Crippen LogP contribution in [0.1, 0.15) is 39.0 Å². The number of nitrogens with one attached hydrogen (secondary N) is 1. The van der Waals surface area contributed by atoms with Crippen molar-refractivity contribution >= 4 is 45.3 Å².